The molecule has 0 radical (unpaired) electrons. The number of benzene rings is 2. The molecule has 2 rings (SSSR count). The van der Waals surface area contributed by atoms with Crippen LogP contribution >= 0.6 is 11.8 Å². The Morgan fingerprint density at radius 1 is 1.25 bits per heavy atom. The molecule has 6 heteroatoms. The fourth-order valence-corrected chi connectivity index (χ4v) is 2.68. The summed E-state index contributed by atoms with van der Waals surface area (Å²) in [6.45, 7) is 1.66. The van der Waals surface area contributed by atoms with Crippen LogP contribution in [0.25, 0.3) is 0 Å². The van der Waals surface area contributed by atoms with Gasteiger partial charge in [0.2, 0.25) is 0 Å². The van der Waals surface area contributed by atoms with Crippen LogP contribution in [-0.4, -0.2) is 16.0 Å². The summed E-state index contributed by atoms with van der Waals surface area (Å²) in [5.74, 6) is -1.02. The summed E-state index contributed by atoms with van der Waals surface area (Å²) in [5.41, 5.74) is 0.786. The first kappa shape index (κ1) is 14.1. The van der Waals surface area contributed by atoms with E-state index in [0.717, 1.165) is 0 Å². The summed E-state index contributed by atoms with van der Waals surface area (Å²) in [6, 6.07) is 11.4. The van der Waals surface area contributed by atoms with Gasteiger partial charge in [-0.25, -0.2) is 4.79 Å². The molecule has 0 spiro atoms. The molecular weight excluding hydrogens is 278 g/mol. The lowest BCUT2D eigenvalue weighted by atomic mass is 10.2. The molecule has 0 unspecified atom stereocenters. The van der Waals surface area contributed by atoms with Crippen molar-refractivity contribution < 1.29 is 14.8 Å². The summed E-state index contributed by atoms with van der Waals surface area (Å²) < 4.78 is 0. The van der Waals surface area contributed by atoms with Crippen LogP contribution in [0.4, 0.5) is 5.69 Å². The van der Waals surface area contributed by atoms with Crippen LogP contribution < -0.4 is 0 Å². The largest absolute Gasteiger partial charge is 0.478 e. The molecule has 0 bridgehead atoms. The Morgan fingerprint density at radius 2 is 1.95 bits per heavy atom. The van der Waals surface area contributed by atoms with Crippen LogP contribution in [0.5, 0.6) is 0 Å². The Hall–Kier alpha value is -2.34. The van der Waals surface area contributed by atoms with Gasteiger partial charge in [0.15, 0.2) is 0 Å². The van der Waals surface area contributed by atoms with E-state index in [9.17, 15) is 14.9 Å². The van der Waals surface area contributed by atoms with Gasteiger partial charge in [-0.3, -0.25) is 10.1 Å². The third kappa shape index (κ3) is 2.97. The highest BCUT2D eigenvalue weighted by Gasteiger charge is 2.14. The average Bonchev–Trinajstić information content (AvgIpc) is 2.41. The summed E-state index contributed by atoms with van der Waals surface area (Å²) in [4.78, 5) is 22.8. The van der Waals surface area contributed by atoms with E-state index in [-0.39, 0.29) is 11.3 Å². The Kier molecular flexibility index (Phi) is 4.05. The predicted molar refractivity (Wildman–Crippen MR) is 75.4 cm³/mol. The van der Waals surface area contributed by atoms with Crippen LogP contribution in [0.2, 0.25) is 0 Å². The number of nitro benzene ring substituents is 1. The van der Waals surface area contributed by atoms with Gasteiger partial charge in [-0.1, -0.05) is 30.0 Å². The van der Waals surface area contributed by atoms with Gasteiger partial charge in [0.05, 0.1) is 10.5 Å². The molecule has 0 aliphatic heterocycles. The molecule has 2 aromatic rings. The normalized spacial score (nSPS) is 10.2. The summed E-state index contributed by atoms with van der Waals surface area (Å²) in [7, 11) is 0. The molecule has 0 fully saturated rings. The van der Waals surface area contributed by atoms with Gasteiger partial charge in [0.1, 0.15) is 0 Å². The van der Waals surface area contributed by atoms with Crippen molar-refractivity contribution in [1.29, 1.82) is 0 Å². The third-order valence-corrected chi connectivity index (χ3v) is 3.79. The zero-order valence-electron chi connectivity index (χ0n) is 10.6. The van der Waals surface area contributed by atoms with Crippen molar-refractivity contribution in [3.63, 3.8) is 0 Å². The molecule has 20 heavy (non-hydrogen) atoms. The Bertz CT molecular complexity index is 685. The van der Waals surface area contributed by atoms with Crippen molar-refractivity contribution in [3.8, 4) is 0 Å². The first-order chi connectivity index (χ1) is 9.49. The molecular formula is C14H11NO4S. The number of aryl methyl sites for hydroxylation is 1. The van der Waals surface area contributed by atoms with Crippen LogP contribution in [0.1, 0.15) is 15.9 Å². The molecule has 0 amide bonds. The lowest BCUT2D eigenvalue weighted by Crippen LogP contribution is -1.98. The van der Waals surface area contributed by atoms with Gasteiger partial charge < -0.3 is 5.11 Å². The van der Waals surface area contributed by atoms with E-state index >= 15 is 0 Å². The van der Waals surface area contributed by atoms with Crippen molar-refractivity contribution >= 4 is 23.4 Å². The highest BCUT2D eigenvalue weighted by molar-refractivity contribution is 7.99. The lowest BCUT2D eigenvalue weighted by molar-refractivity contribution is -0.385. The quantitative estimate of drug-likeness (QED) is 0.684. The zero-order valence-corrected chi connectivity index (χ0v) is 11.4. The number of nitro groups is 1. The van der Waals surface area contributed by atoms with Gasteiger partial charge in [-0.05, 0) is 25.1 Å². The predicted octanol–water partition coefficient (Wildman–Crippen LogP) is 3.75. The summed E-state index contributed by atoms with van der Waals surface area (Å²) in [6.07, 6.45) is 0. The molecule has 0 atom stereocenters. The first-order valence-electron chi connectivity index (χ1n) is 5.74. The number of hydrogen-bond donors (Lipinski definition) is 1. The van der Waals surface area contributed by atoms with Crippen LogP contribution in [-0.2, 0) is 0 Å². The highest BCUT2D eigenvalue weighted by atomic mass is 32.2. The second kappa shape index (κ2) is 5.75. The topological polar surface area (TPSA) is 80.4 Å². The first-order valence-corrected chi connectivity index (χ1v) is 6.56. The van der Waals surface area contributed by atoms with E-state index in [1.54, 1.807) is 37.3 Å². The minimum Gasteiger partial charge on any atom is -0.478 e. The third-order valence-electron chi connectivity index (χ3n) is 2.72. The van der Waals surface area contributed by atoms with Crippen LogP contribution in [0, 0.1) is 17.0 Å². The molecule has 0 heterocycles. The maximum Gasteiger partial charge on any atom is 0.336 e. The lowest BCUT2D eigenvalue weighted by Gasteiger charge is -2.06. The number of nitrogens with zero attached hydrogens (tertiary/aromatic N) is 1. The molecule has 5 nitrogen and oxygen atoms in total. The van der Waals surface area contributed by atoms with Crippen molar-refractivity contribution in [2.75, 3.05) is 0 Å². The standard InChI is InChI=1S/C14H11NO4S/c1-9-6-7-10(8-12(9)15(18)19)20-13-5-3-2-4-11(13)14(16)17/h2-8H,1H3,(H,16,17). The molecule has 0 aromatic heterocycles. The van der Waals surface area contributed by atoms with Crippen molar-refractivity contribution in [2.24, 2.45) is 0 Å². The maximum atomic E-state index is 11.1. The smallest absolute Gasteiger partial charge is 0.336 e. The molecule has 0 saturated carbocycles. The average molecular weight is 289 g/mol. The molecule has 2 aromatic carbocycles. The summed E-state index contributed by atoms with van der Waals surface area (Å²) >= 11 is 1.20. The van der Waals surface area contributed by atoms with E-state index < -0.39 is 10.9 Å². The van der Waals surface area contributed by atoms with E-state index in [1.165, 1.54) is 23.9 Å². The highest BCUT2D eigenvalue weighted by Crippen LogP contribution is 2.33. The second-order valence-corrected chi connectivity index (χ2v) is 5.22. The zero-order chi connectivity index (χ0) is 14.7. The van der Waals surface area contributed by atoms with Crippen LogP contribution in [0.3, 0.4) is 0 Å². The number of rotatable bonds is 4. The number of hydrogen-bond acceptors (Lipinski definition) is 4. The van der Waals surface area contributed by atoms with Crippen molar-refractivity contribution in [2.45, 2.75) is 16.7 Å². The number of carboxylic acids is 1. The minimum absolute atomic E-state index is 0.0304. The second-order valence-electron chi connectivity index (χ2n) is 4.11. The molecule has 102 valence electrons. The van der Waals surface area contributed by atoms with Crippen LogP contribution in [0.15, 0.2) is 52.3 Å². The van der Waals surface area contributed by atoms with Gasteiger partial charge in [-0.2, -0.15) is 0 Å². The van der Waals surface area contributed by atoms with E-state index in [1.807, 2.05) is 0 Å². The minimum atomic E-state index is -1.02. The van der Waals surface area contributed by atoms with Gasteiger partial charge >= 0.3 is 5.97 Å². The monoisotopic (exact) mass is 289 g/mol. The number of carboxylic acid groups (broad SMARTS) is 1. The Labute approximate surface area is 119 Å². The van der Waals surface area contributed by atoms with E-state index in [2.05, 4.69) is 0 Å². The van der Waals surface area contributed by atoms with Gasteiger partial charge in [0.25, 0.3) is 5.69 Å². The SMILES string of the molecule is Cc1ccc(Sc2ccccc2C(=O)O)cc1[N+](=O)[O-]. The van der Waals surface area contributed by atoms with Gasteiger partial charge in [0, 0.05) is 21.4 Å². The number of aromatic carboxylic acids is 1. The van der Waals surface area contributed by atoms with E-state index in [0.29, 0.717) is 15.4 Å². The molecule has 0 aliphatic carbocycles. The number of carbonyl (C=O) groups is 1. The van der Waals surface area contributed by atoms with Crippen molar-refractivity contribution in [3.05, 3.63) is 63.7 Å². The molecule has 1 N–H and O–H groups in total. The summed E-state index contributed by atoms with van der Waals surface area (Å²) in [5, 5.41) is 20.0. The fraction of sp³-hybridized carbons (Fsp3) is 0.0714. The maximum absolute atomic E-state index is 11.1. The van der Waals surface area contributed by atoms with Crippen molar-refractivity contribution in [1.82, 2.24) is 0 Å². The Morgan fingerprint density at radius 3 is 2.60 bits per heavy atom. The fourth-order valence-electron chi connectivity index (χ4n) is 1.71. The Balaban J connectivity index is 2.38. The van der Waals surface area contributed by atoms with Gasteiger partial charge in [-0.15, -0.1) is 0 Å². The molecule has 0 saturated heterocycles. The van der Waals surface area contributed by atoms with E-state index in [4.69, 9.17) is 5.11 Å². The molecule has 0 aliphatic rings.